The number of nitrogens with one attached hydrogen (secondary N) is 2. The van der Waals surface area contributed by atoms with Crippen molar-refractivity contribution < 1.29 is 4.79 Å². The zero-order chi connectivity index (χ0) is 20.9. The number of aromatic amines is 1. The van der Waals surface area contributed by atoms with Gasteiger partial charge in [0, 0.05) is 6.20 Å². The van der Waals surface area contributed by atoms with Crippen molar-refractivity contribution in [2.45, 2.75) is 17.6 Å². The third-order valence-corrected chi connectivity index (χ3v) is 6.05. The lowest BCUT2D eigenvalue weighted by Crippen LogP contribution is -2.31. The third kappa shape index (κ3) is 4.49. The van der Waals surface area contributed by atoms with Crippen molar-refractivity contribution in [1.29, 1.82) is 0 Å². The van der Waals surface area contributed by atoms with Crippen molar-refractivity contribution in [3.63, 3.8) is 0 Å². The summed E-state index contributed by atoms with van der Waals surface area (Å²) in [6, 6.07) is 12.6. The van der Waals surface area contributed by atoms with Crippen LogP contribution in [0.5, 0.6) is 0 Å². The van der Waals surface area contributed by atoms with Crippen LogP contribution in [0.25, 0.3) is 16.6 Å². The van der Waals surface area contributed by atoms with E-state index in [1.54, 1.807) is 30.0 Å². The highest BCUT2D eigenvalue weighted by Gasteiger charge is 2.20. The fraction of sp³-hybridized carbons (Fsp3) is 0.250. The second-order valence-corrected chi connectivity index (χ2v) is 8.52. The van der Waals surface area contributed by atoms with Gasteiger partial charge in [0.25, 0.3) is 5.56 Å². The normalized spacial score (nSPS) is 12.3. The van der Waals surface area contributed by atoms with Crippen LogP contribution in [0.1, 0.15) is 18.3 Å². The van der Waals surface area contributed by atoms with E-state index in [9.17, 15) is 9.59 Å². The van der Waals surface area contributed by atoms with Gasteiger partial charge in [-0.25, -0.2) is 4.98 Å². The number of fused-ring (bicyclic) bond motifs is 2. The van der Waals surface area contributed by atoms with Crippen LogP contribution in [0.4, 0.5) is 0 Å². The molecule has 10 heteroatoms. The molecule has 3 heterocycles. The van der Waals surface area contributed by atoms with Crippen molar-refractivity contribution in [3.8, 4) is 0 Å². The number of hydrogen-bond donors (Lipinski definition) is 2. The topological polar surface area (TPSA) is 105 Å². The molecule has 0 saturated heterocycles. The Kier molecular flexibility index (Phi) is 6.34. The second-order valence-electron chi connectivity index (χ2n) is 6.57. The Morgan fingerprint density at radius 1 is 1.20 bits per heavy atom. The molecule has 0 unspecified atom stereocenters. The highest BCUT2D eigenvalue weighted by atomic mass is 32.2. The molecule has 0 aliphatic heterocycles. The van der Waals surface area contributed by atoms with Gasteiger partial charge in [-0.2, -0.15) is 11.8 Å². The molecule has 4 aromatic rings. The van der Waals surface area contributed by atoms with Crippen LogP contribution in [0, 0.1) is 0 Å². The summed E-state index contributed by atoms with van der Waals surface area (Å²) in [5.41, 5.74) is 1.14. The quantitative estimate of drug-likeness (QED) is 0.321. The summed E-state index contributed by atoms with van der Waals surface area (Å²) in [4.78, 5) is 32.0. The van der Waals surface area contributed by atoms with E-state index < -0.39 is 0 Å². The Hall–Kier alpha value is -2.85. The average molecular weight is 441 g/mol. The fourth-order valence-corrected chi connectivity index (χ4v) is 4.25. The molecule has 0 saturated carbocycles. The van der Waals surface area contributed by atoms with Crippen molar-refractivity contribution >= 4 is 46.0 Å². The molecular weight excluding hydrogens is 420 g/mol. The number of benzene rings is 1. The van der Waals surface area contributed by atoms with Gasteiger partial charge in [0.15, 0.2) is 16.6 Å². The van der Waals surface area contributed by atoms with E-state index in [1.165, 1.54) is 11.8 Å². The Bertz CT molecular complexity index is 1240. The number of hydrogen-bond acceptors (Lipinski definition) is 7. The van der Waals surface area contributed by atoms with Gasteiger partial charge >= 0.3 is 0 Å². The maximum absolute atomic E-state index is 12.7. The first-order valence-electron chi connectivity index (χ1n) is 9.35. The molecule has 1 aromatic carbocycles. The largest absolute Gasteiger partial charge is 0.345 e. The number of rotatable bonds is 8. The first-order valence-corrected chi connectivity index (χ1v) is 11.7. The summed E-state index contributed by atoms with van der Waals surface area (Å²) in [6.07, 6.45) is 4.65. The molecule has 0 bridgehead atoms. The monoisotopic (exact) mass is 440 g/mol. The standard InChI is InChI=1S/C20H20N6O2S2/c1-29-11-9-15(18-25-24-16-8-4-5-10-26(16)18)21-17(27)12-30-20-22-14-7-3-2-6-13(14)19(28)23-20/h2-8,10,15H,9,11-12H2,1H3,(H,21,27)(H,22,23,28)/t15-/m1/s1. The number of carbonyl (C=O) groups excluding carboxylic acids is 1. The molecule has 0 spiro atoms. The molecule has 154 valence electrons. The van der Waals surface area contributed by atoms with E-state index in [1.807, 2.05) is 41.1 Å². The minimum absolute atomic E-state index is 0.133. The van der Waals surface area contributed by atoms with E-state index in [0.29, 0.717) is 21.9 Å². The third-order valence-electron chi connectivity index (χ3n) is 4.53. The number of thioether (sulfide) groups is 2. The molecule has 0 aliphatic rings. The number of aromatic nitrogens is 5. The molecule has 1 amide bonds. The Morgan fingerprint density at radius 2 is 2.03 bits per heavy atom. The smallest absolute Gasteiger partial charge is 0.259 e. The van der Waals surface area contributed by atoms with Crippen LogP contribution < -0.4 is 10.9 Å². The van der Waals surface area contributed by atoms with Crippen LogP contribution in [0.3, 0.4) is 0 Å². The van der Waals surface area contributed by atoms with Crippen molar-refractivity contribution in [2.24, 2.45) is 0 Å². The van der Waals surface area contributed by atoms with Gasteiger partial charge in [0.05, 0.1) is 22.7 Å². The van der Waals surface area contributed by atoms with Gasteiger partial charge in [0.1, 0.15) is 0 Å². The Morgan fingerprint density at radius 3 is 2.90 bits per heavy atom. The van der Waals surface area contributed by atoms with Crippen LogP contribution in [-0.2, 0) is 4.79 Å². The second kappa shape index (κ2) is 9.31. The zero-order valence-corrected chi connectivity index (χ0v) is 17.9. The highest BCUT2D eigenvalue weighted by molar-refractivity contribution is 7.99. The van der Waals surface area contributed by atoms with Gasteiger partial charge in [-0.3, -0.25) is 14.0 Å². The van der Waals surface area contributed by atoms with E-state index in [0.717, 1.165) is 17.8 Å². The molecule has 0 fully saturated rings. The van der Waals surface area contributed by atoms with Gasteiger partial charge in [-0.15, -0.1) is 10.2 Å². The molecule has 2 N–H and O–H groups in total. The van der Waals surface area contributed by atoms with E-state index in [4.69, 9.17) is 0 Å². The van der Waals surface area contributed by atoms with Gasteiger partial charge in [-0.05, 0) is 42.7 Å². The molecule has 1 atom stereocenters. The van der Waals surface area contributed by atoms with Crippen molar-refractivity contribution in [2.75, 3.05) is 17.8 Å². The molecule has 0 aliphatic carbocycles. The summed E-state index contributed by atoms with van der Waals surface area (Å²) in [5.74, 6) is 1.55. The predicted octanol–water partition coefficient (Wildman–Crippen LogP) is 2.67. The van der Waals surface area contributed by atoms with Crippen LogP contribution in [0.2, 0.25) is 0 Å². The number of carbonyl (C=O) groups is 1. The fourth-order valence-electron chi connectivity index (χ4n) is 3.10. The molecule has 3 aromatic heterocycles. The Labute approximate surface area is 180 Å². The summed E-state index contributed by atoms with van der Waals surface area (Å²) in [7, 11) is 0. The predicted molar refractivity (Wildman–Crippen MR) is 120 cm³/mol. The zero-order valence-electron chi connectivity index (χ0n) is 16.2. The highest BCUT2D eigenvalue weighted by Crippen LogP contribution is 2.19. The minimum atomic E-state index is -0.258. The number of H-pyrrole nitrogens is 1. The maximum Gasteiger partial charge on any atom is 0.259 e. The van der Waals surface area contributed by atoms with E-state index in [2.05, 4.69) is 25.5 Å². The summed E-state index contributed by atoms with van der Waals surface area (Å²) >= 11 is 2.91. The molecular formula is C20H20N6O2S2. The van der Waals surface area contributed by atoms with Gasteiger partial charge in [-0.1, -0.05) is 30.0 Å². The average Bonchev–Trinajstić information content (AvgIpc) is 3.19. The number of amides is 1. The van der Waals surface area contributed by atoms with Crippen molar-refractivity contribution in [3.05, 3.63) is 64.8 Å². The molecule has 30 heavy (non-hydrogen) atoms. The van der Waals surface area contributed by atoms with Crippen LogP contribution in [-0.4, -0.2) is 48.2 Å². The number of pyridine rings is 1. The molecule has 4 rings (SSSR count). The molecule has 0 radical (unpaired) electrons. The lowest BCUT2D eigenvalue weighted by atomic mass is 10.2. The summed E-state index contributed by atoms with van der Waals surface area (Å²) in [5, 5.41) is 12.5. The minimum Gasteiger partial charge on any atom is -0.345 e. The van der Waals surface area contributed by atoms with Crippen molar-refractivity contribution in [1.82, 2.24) is 29.9 Å². The Balaban J connectivity index is 1.47. The van der Waals surface area contributed by atoms with Crippen LogP contribution in [0.15, 0.2) is 58.6 Å². The summed E-state index contributed by atoms with van der Waals surface area (Å²) < 4.78 is 1.89. The van der Waals surface area contributed by atoms with Gasteiger partial charge in [0.2, 0.25) is 5.91 Å². The first kappa shape index (κ1) is 20.4. The van der Waals surface area contributed by atoms with E-state index >= 15 is 0 Å². The van der Waals surface area contributed by atoms with E-state index in [-0.39, 0.29) is 23.3 Å². The van der Waals surface area contributed by atoms with Gasteiger partial charge < -0.3 is 10.3 Å². The molecule has 8 nitrogen and oxygen atoms in total. The maximum atomic E-state index is 12.7. The van der Waals surface area contributed by atoms with Crippen LogP contribution >= 0.6 is 23.5 Å². The first-order chi connectivity index (χ1) is 14.7. The number of para-hydroxylation sites is 1. The number of nitrogens with zero attached hydrogens (tertiary/aromatic N) is 4. The summed E-state index contributed by atoms with van der Waals surface area (Å²) in [6.45, 7) is 0. The lowest BCUT2D eigenvalue weighted by Gasteiger charge is -2.17. The lowest BCUT2D eigenvalue weighted by molar-refractivity contribution is -0.119. The SMILES string of the molecule is CSCC[C@@H](NC(=O)CSc1nc2ccccc2c(=O)[nH]1)c1nnc2ccccn12.